The summed E-state index contributed by atoms with van der Waals surface area (Å²) in [5.74, 6) is 2.08. The maximum absolute atomic E-state index is 12.3. The third-order valence-electron chi connectivity index (χ3n) is 0.976. The average molecular weight is 138 g/mol. The minimum Gasteiger partial charge on any atom is -0.271 e. The molecular weight excluding hydrogens is 126 g/mol. The van der Waals surface area contributed by atoms with Crippen molar-refractivity contribution in [1.82, 2.24) is 5.43 Å². The number of nitrogens with one attached hydrogen (secondary N) is 1. The van der Waals surface area contributed by atoms with E-state index in [4.69, 9.17) is 5.84 Å². The van der Waals surface area contributed by atoms with Gasteiger partial charge >= 0.3 is 0 Å². The highest BCUT2D eigenvalue weighted by Crippen LogP contribution is 2.17. The van der Waals surface area contributed by atoms with E-state index in [1.165, 1.54) is 0 Å². The van der Waals surface area contributed by atoms with Gasteiger partial charge in [0.15, 0.2) is 0 Å². The predicted molar refractivity (Wildman–Crippen MR) is 32.0 cm³/mol. The Morgan fingerprint density at radius 1 is 1.56 bits per heavy atom. The van der Waals surface area contributed by atoms with E-state index in [9.17, 15) is 8.78 Å². The lowest BCUT2D eigenvalue weighted by molar-refractivity contribution is -0.00684. The summed E-state index contributed by atoms with van der Waals surface area (Å²) < 4.78 is 24.6. The lowest BCUT2D eigenvalue weighted by atomic mass is 10.2. The van der Waals surface area contributed by atoms with Crippen molar-refractivity contribution in [2.75, 3.05) is 6.54 Å². The summed E-state index contributed by atoms with van der Waals surface area (Å²) in [4.78, 5) is 0. The van der Waals surface area contributed by atoms with Gasteiger partial charge in [-0.3, -0.25) is 11.3 Å². The SMILES string of the molecule is CCCC(F)(F)CNN. The van der Waals surface area contributed by atoms with Crippen LogP contribution in [0.15, 0.2) is 0 Å². The van der Waals surface area contributed by atoms with Gasteiger partial charge in [0.1, 0.15) is 0 Å². The van der Waals surface area contributed by atoms with Crippen molar-refractivity contribution in [2.24, 2.45) is 5.84 Å². The Hall–Kier alpha value is -0.220. The second-order valence-electron chi connectivity index (χ2n) is 1.99. The highest BCUT2D eigenvalue weighted by atomic mass is 19.3. The molecule has 0 fully saturated rings. The van der Waals surface area contributed by atoms with E-state index in [1.54, 1.807) is 6.92 Å². The maximum atomic E-state index is 12.3. The number of nitrogens with two attached hydrogens (primary N) is 1. The van der Waals surface area contributed by atoms with Crippen LogP contribution in [0.1, 0.15) is 19.8 Å². The third kappa shape index (κ3) is 4.29. The highest BCUT2D eigenvalue weighted by Gasteiger charge is 2.25. The fraction of sp³-hybridized carbons (Fsp3) is 1.00. The molecule has 0 bridgehead atoms. The van der Waals surface area contributed by atoms with Crippen molar-refractivity contribution in [3.8, 4) is 0 Å². The summed E-state index contributed by atoms with van der Waals surface area (Å²) in [6.07, 6.45) is 0.381. The van der Waals surface area contributed by atoms with Crippen molar-refractivity contribution in [1.29, 1.82) is 0 Å². The van der Waals surface area contributed by atoms with Gasteiger partial charge in [0, 0.05) is 6.42 Å². The molecule has 0 saturated carbocycles. The molecule has 0 heterocycles. The first-order valence-corrected chi connectivity index (χ1v) is 2.93. The van der Waals surface area contributed by atoms with Crippen LogP contribution in [0, 0.1) is 0 Å². The topological polar surface area (TPSA) is 38.0 Å². The molecule has 0 aliphatic rings. The lowest BCUT2D eigenvalue weighted by Crippen LogP contribution is -2.36. The number of halogens is 2. The Bertz CT molecular complexity index is 67.4. The predicted octanol–water partition coefficient (Wildman–Crippen LogP) is 0.885. The molecule has 0 radical (unpaired) electrons. The number of alkyl halides is 2. The molecule has 0 aromatic rings. The van der Waals surface area contributed by atoms with Gasteiger partial charge < -0.3 is 0 Å². The highest BCUT2D eigenvalue weighted by molar-refractivity contribution is 4.65. The zero-order valence-electron chi connectivity index (χ0n) is 5.45. The minimum absolute atomic E-state index is 0.100. The van der Waals surface area contributed by atoms with Gasteiger partial charge in [-0.25, -0.2) is 8.78 Å². The number of hydrazine groups is 1. The van der Waals surface area contributed by atoms with Crippen LogP contribution >= 0.6 is 0 Å². The van der Waals surface area contributed by atoms with Gasteiger partial charge in [-0.05, 0) is 0 Å². The van der Waals surface area contributed by atoms with E-state index in [0.29, 0.717) is 6.42 Å². The summed E-state index contributed by atoms with van der Waals surface area (Å²) in [7, 11) is 0. The molecule has 0 saturated heterocycles. The fourth-order valence-corrected chi connectivity index (χ4v) is 0.603. The van der Waals surface area contributed by atoms with Gasteiger partial charge in [-0.1, -0.05) is 13.3 Å². The fourth-order valence-electron chi connectivity index (χ4n) is 0.603. The minimum atomic E-state index is -2.64. The molecule has 9 heavy (non-hydrogen) atoms. The normalized spacial score (nSPS) is 12.0. The molecule has 0 aliphatic carbocycles. The first-order valence-electron chi connectivity index (χ1n) is 2.93. The molecule has 4 heteroatoms. The summed E-state index contributed by atoms with van der Waals surface area (Å²) >= 11 is 0. The summed E-state index contributed by atoms with van der Waals surface area (Å²) in [6, 6.07) is 0. The van der Waals surface area contributed by atoms with Crippen LogP contribution in [-0.2, 0) is 0 Å². The van der Waals surface area contributed by atoms with Gasteiger partial charge in [0.25, 0.3) is 5.92 Å². The van der Waals surface area contributed by atoms with Crippen LogP contribution in [0.5, 0.6) is 0 Å². The van der Waals surface area contributed by atoms with Crippen molar-refractivity contribution < 1.29 is 8.78 Å². The van der Waals surface area contributed by atoms with Crippen molar-refractivity contribution >= 4 is 0 Å². The quantitative estimate of drug-likeness (QED) is 0.447. The second kappa shape index (κ2) is 3.74. The van der Waals surface area contributed by atoms with E-state index in [2.05, 4.69) is 0 Å². The Morgan fingerprint density at radius 3 is 2.44 bits per heavy atom. The van der Waals surface area contributed by atoms with Crippen LogP contribution in [0.2, 0.25) is 0 Å². The molecule has 56 valence electrons. The Kier molecular flexibility index (Phi) is 3.65. The van der Waals surface area contributed by atoms with Gasteiger partial charge in [0.2, 0.25) is 0 Å². The van der Waals surface area contributed by atoms with Crippen LogP contribution < -0.4 is 11.3 Å². The van der Waals surface area contributed by atoms with E-state index in [1.807, 2.05) is 5.43 Å². The molecule has 0 amide bonds. The monoisotopic (exact) mass is 138 g/mol. The van der Waals surface area contributed by atoms with Gasteiger partial charge in [-0.15, -0.1) is 0 Å². The molecule has 0 rings (SSSR count). The number of rotatable bonds is 4. The largest absolute Gasteiger partial charge is 0.271 e. The number of hydrogen-bond donors (Lipinski definition) is 2. The Balaban J connectivity index is 3.43. The summed E-state index contributed by atoms with van der Waals surface area (Å²) in [5.41, 5.74) is 1.94. The Labute approximate surface area is 53.4 Å². The average Bonchev–Trinajstić information content (AvgIpc) is 1.64. The molecule has 3 N–H and O–H groups in total. The second-order valence-corrected chi connectivity index (χ2v) is 1.99. The maximum Gasteiger partial charge on any atom is 0.261 e. The molecule has 0 spiro atoms. The first kappa shape index (κ1) is 8.78. The molecule has 0 aromatic carbocycles. The third-order valence-corrected chi connectivity index (χ3v) is 0.976. The van der Waals surface area contributed by atoms with Crippen LogP contribution in [0.3, 0.4) is 0 Å². The molecule has 0 aliphatic heterocycles. The summed E-state index contributed by atoms with van der Waals surface area (Å²) in [5, 5.41) is 0. The molecule has 2 nitrogen and oxygen atoms in total. The van der Waals surface area contributed by atoms with Crippen LogP contribution in [0.4, 0.5) is 8.78 Å². The van der Waals surface area contributed by atoms with Crippen molar-refractivity contribution in [2.45, 2.75) is 25.7 Å². The van der Waals surface area contributed by atoms with E-state index < -0.39 is 12.5 Å². The van der Waals surface area contributed by atoms with E-state index in [0.717, 1.165) is 0 Å². The standard InChI is InChI=1S/C5H12F2N2/c1-2-3-5(6,7)4-9-8/h9H,2-4,8H2,1H3. The molecule has 0 aromatic heterocycles. The Morgan fingerprint density at radius 2 is 2.11 bits per heavy atom. The zero-order chi connectivity index (χ0) is 7.33. The van der Waals surface area contributed by atoms with E-state index >= 15 is 0 Å². The van der Waals surface area contributed by atoms with E-state index in [-0.39, 0.29) is 6.42 Å². The van der Waals surface area contributed by atoms with Crippen molar-refractivity contribution in [3.63, 3.8) is 0 Å². The molecule has 0 unspecified atom stereocenters. The van der Waals surface area contributed by atoms with Crippen LogP contribution in [0.25, 0.3) is 0 Å². The van der Waals surface area contributed by atoms with Crippen molar-refractivity contribution in [3.05, 3.63) is 0 Å². The van der Waals surface area contributed by atoms with Crippen LogP contribution in [-0.4, -0.2) is 12.5 Å². The lowest BCUT2D eigenvalue weighted by Gasteiger charge is -2.13. The first-order chi connectivity index (χ1) is 4.12. The smallest absolute Gasteiger partial charge is 0.261 e. The molecule has 0 atom stereocenters. The van der Waals surface area contributed by atoms with Gasteiger partial charge in [0.05, 0.1) is 6.54 Å². The molecular formula is C5H12F2N2. The number of hydrogen-bond acceptors (Lipinski definition) is 2. The van der Waals surface area contributed by atoms with Gasteiger partial charge in [-0.2, -0.15) is 0 Å². The summed E-state index contributed by atoms with van der Waals surface area (Å²) in [6.45, 7) is 1.28. The zero-order valence-corrected chi connectivity index (χ0v) is 5.45.